The lowest BCUT2D eigenvalue weighted by molar-refractivity contribution is -0.175. The topological polar surface area (TPSA) is 84.5 Å². The van der Waals surface area contributed by atoms with Crippen molar-refractivity contribution in [2.24, 2.45) is 5.92 Å². The number of carbonyl (C=O) groups is 3. The van der Waals surface area contributed by atoms with E-state index in [0.29, 0.717) is 21.4 Å². The zero-order valence-electron chi connectivity index (χ0n) is 23.2. The van der Waals surface area contributed by atoms with Crippen LogP contribution in [0, 0.1) is 5.92 Å². The molecule has 11 heteroatoms. The molecule has 0 aromatic heterocycles. The molecule has 0 spiro atoms. The van der Waals surface area contributed by atoms with Crippen LogP contribution in [0.1, 0.15) is 42.9 Å². The van der Waals surface area contributed by atoms with Crippen LogP contribution in [-0.4, -0.2) is 43.0 Å². The van der Waals surface area contributed by atoms with Gasteiger partial charge in [-0.05, 0) is 59.0 Å². The van der Waals surface area contributed by atoms with E-state index in [1.807, 2.05) is 12.1 Å². The van der Waals surface area contributed by atoms with Crippen molar-refractivity contribution in [3.63, 3.8) is 0 Å². The van der Waals surface area contributed by atoms with E-state index in [2.05, 4.69) is 10.6 Å². The summed E-state index contributed by atoms with van der Waals surface area (Å²) in [4.78, 5) is 38.8. The molecule has 3 aromatic carbocycles. The van der Waals surface area contributed by atoms with Gasteiger partial charge in [-0.1, -0.05) is 73.4 Å². The van der Waals surface area contributed by atoms with Gasteiger partial charge >= 0.3 is 6.18 Å². The Morgan fingerprint density at radius 3 is 1.79 bits per heavy atom. The maximum atomic E-state index is 13.5. The summed E-state index contributed by atoms with van der Waals surface area (Å²) in [6.07, 6.45) is -5.28. The Morgan fingerprint density at radius 1 is 0.810 bits per heavy atom. The number of halogens is 5. The van der Waals surface area contributed by atoms with Crippen LogP contribution in [0.2, 0.25) is 10.0 Å². The van der Waals surface area contributed by atoms with Crippen LogP contribution in [0.5, 0.6) is 5.75 Å². The average molecular weight is 623 g/mol. The second-order valence-electron chi connectivity index (χ2n) is 10.1. The Hall–Kier alpha value is -3.56. The van der Waals surface area contributed by atoms with Crippen molar-refractivity contribution in [1.29, 1.82) is 0 Å². The molecule has 0 heterocycles. The van der Waals surface area contributed by atoms with Crippen molar-refractivity contribution in [1.82, 2.24) is 10.6 Å². The molecule has 3 aromatic rings. The van der Waals surface area contributed by atoms with E-state index in [4.69, 9.17) is 27.9 Å². The minimum absolute atomic E-state index is 0.0477. The summed E-state index contributed by atoms with van der Waals surface area (Å²) in [6, 6.07) is 17.5. The monoisotopic (exact) mass is 622 g/mol. The number of ketones is 1. The van der Waals surface area contributed by atoms with E-state index in [0.717, 1.165) is 11.1 Å². The second kappa shape index (κ2) is 14.6. The molecule has 2 N–H and O–H groups in total. The number of hydrogen-bond donors (Lipinski definition) is 2. The van der Waals surface area contributed by atoms with Gasteiger partial charge in [-0.25, -0.2) is 0 Å². The molecule has 6 nitrogen and oxygen atoms in total. The van der Waals surface area contributed by atoms with Crippen molar-refractivity contribution in [3.05, 3.63) is 99.5 Å². The Balaban J connectivity index is 1.89. The third-order valence-electron chi connectivity index (χ3n) is 6.71. The highest BCUT2D eigenvalue weighted by atomic mass is 35.5. The summed E-state index contributed by atoms with van der Waals surface area (Å²) < 4.78 is 45.0. The number of amides is 2. The van der Waals surface area contributed by atoms with Crippen LogP contribution in [0.15, 0.2) is 72.8 Å². The number of nitrogens with one attached hydrogen (secondary N) is 2. The van der Waals surface area contributed by atoms with E-state index in [1.54, 1.807) is 60.7 Å². The maximum Gasteiger partial charge on any atom is 0.452 e. The second-order valence-corrected chi connectivity index (χ2v) is 11.0. The van der Waals surface area contributed by atoms with Gasteiger partial charge in [0.1, 0.15) is 11.8 Å². The summed E-state index contributed by atoms with van der Waals surface area (Å²) in [5.74, 6) is -4.16. The third-order valence-corrected chi connectivity index (χ3v) is 7.22. The van der Waals surface area contributed by atoms with Crippen LogP contribution in [0.25, 0.3) is 0 Å². The molecular formula is C31H31Cl2F3N2O4. The highest BCUT2D eigenvalue weighted by molar-refractivity contribution is 6.30. The van der Waals surface area contributed by atoms with Crippen LogP contribution >= 0.6 is 23.2 Å². The van der Waals surface area contributed by atoms with Gasteiger partial charge in [0.2, 0.25) is 11.8 Å². The highest BCUT2D eigenvalue weighted by Gasteiger charge is 2.45. The van der Waals surface area contributed by atoms with Crippen molar-refractivity contribution in [2.75, 3.05) is 7.11 Å². The fourth-order valence-electron chi connectivity index (χ4n) is 4.43. The van der Waals surface area contributed by atoms with Gasteiger partial charge in [-0.2, -0.15) is 13.2 Å². The van der Waals surface area contributed by atoms with Crippen LogP contribution in [-0.2, 0) is 20.8 Å². The van der Waals surface area contributed by atoms with E-state index in [9.17, 15) is 27.6 Å². The summed E-state index contributed by atoms with van der Waals surface area (Å²) in [7, 11) is 1.54. The Labute approximate surface area is 252 Å². The number of Topliss-reactive ketones (excluding diaryl/α,β-unsaturated/α-hetero) is 1. The molecule has 0 aliphatic heterocycles. The molecule has 42 heavy (non-hydrogen) atoms. The molecule has 0 saturated carbocycles. The number of alkyl halides is 3. The zero-order valence-corrected chi connectivity index (χ0v) is 24.7. The molecule has 2 amide bonds. The van der Waals surface area contributed by atoms with Gasteiger partial charge < -0.3 is 15.4 Å². The number of ether oxygens (including phenoxy) is 1. The molecule has 3 atom stereocenters. The van der Waals surface area contributed by atoms with Crippen LogP contribution in [0.3, 0.4) is 0 Å². The number of benzene rings is 3. The lowest BCUT2D eigenvalue weighted by Crippen LogP contribution is -2.56. The third kappa shape index (κ3) is 9.22. The Morgan fingerprint density at radius 2 is 1.31 bits per heavy atom. The van der Waals surface area contributed by atoms with Crippen molar-refractivity contribution in [2.45, 2.75) is 50.9 Å². The summed E-state index contributed by atoms with van der Waals surface area (Å²) >= 11 is 12.0. The molecule has 3 unspecified atom stereocenters. The lowest BCUT2D eigenvalue weighted by atomic mass is 9.88. The first-order valence-electron chi connectivity index (χ1n) is 13.1. The minimum atomic E-state index is -5.14. The molecule has 0 fully saturated rings. The highest BCUT2D eigenvalue weighted by Crippen LogP contribution is 2.30. The first kappa shape index (κ1) is 32.9. The predicted octanol–water partition coefficient (Wildman–Crippen LogP) is 6.52. The maximum absolute atomic E-state index is 13.5. The van der Waals surface area contributed by atoms with E-state index in [1.165, 1.54) is 21.0 Å². The minimum Gasteiger partial charge on any atom is -0.497 e. The smallest absolute Gasteiger partial charge is 0.452 e. The van der Waals surface area contributed by atoms with Crippen LogP contribution < -0.4 is 15.4 Å². The standard InChI is InChI=1S/C31H31Cl2F3N2O4/c1-18(2)28(29(40)31(34,35)36)38-30(41)26(16-19-4-10-22(32)11-5-19)37-27(39)17-25(20-6-12-23(33)13-7-20)21-8-14-24(42-3)15-9-21/h4-15,18,25-26,28H,16-17H2,1-3H3,(H,37,39)(H,38,41). The molecule has 0 aliphatic carbocycles. The zero-order chi connectivity index (χ0) is 31.0. The summed E-state index contributed by atoms with van der Waals surface area (Å²) in [5, 5.41) is 5.86. The van der Waals surface area contributed by atoms with Gasteiger partial charge in [0.15, 0.2) is 0 Å². The predicted molar refractivity (Wildman–Crippen MR) is 156 cm³/mol. The molecule has 3 rings (SSSR count). The van der Waals surface area contributed by atoms with E-state index >= 15 is 0 Å². The van der Waals surface area contributed by atoms with Gasteiger partial charge in [-0.15, -0.1) is 0 Å². The average Bonchev–Trinajstić information content (AvgIpc) is 2.95. The van der Waals surface area contributed by atoms with Gasteiger partial charge in [0.05, 0.1) is 13.2 Å². The van der Waals surface area contributed by atoms with Crippen molar-refractivity contribution >= 4 is 40.8 Å². The summed E-state index contributed by atoms with van der Waals surface area (Å²) in [6.45, 7) is 2.79. The lowest BCUT2D eigenvalue weighted by Gasteiger charge is -2.26. The molecule has 0 saturated heterocycles. The molecule has 0 bridgehead atoms. The van der Waals surface area contributed by atoms with Gasteiger partial charge in [0.25, 0.3) is 5.78 Å². The van der Waals surface area contributed by atoms with E-state index < -0.39 is 47.7 Å². The van der Waals surface area contributed by atoms with Gasteiger partial charge in [-0.3, -0.25) is 14.4 Å². The van der Waals surface area contributed by atoms with Crippen molar-refractivity contribution < 1.29 is 32.3 Å². The Bertz CT molecular complexity index is 1360. The number of hydrogen-bond acceptors (Lipinski definition) is 4. The molecule has 224 valence electrons. The molecule has 0 radical (unpaired) electrons. The first-order chi connectivity index (χ1) is 19.8. The summed E-state index contributed by atoms with van der Waals surface area (Å²) in [5.41, 5.74) is 2.18. The number of methoxy groups -OCH3 is 1. The number of rotatable bonds is 12. The fraction of sp³-hybridized carbons (Fsp3) is 0.323. The Kier molecular flexibility index (Phi) is 11.4. The van der Waals surface area contributed by atoms with Crippen molar-refractivity contribution in [3.8, 4) is 5.75 Å². The first-order valence-corrected chi connectivity index (χ1v) is 13.9. The molecule has 0 aliphatic rings. The fourth-order valence-corrected chi connectivity index (χ4v) is 4.68. The SMILES string of the molecule is COc1ccc(C(CC(=O)NC(Cc2ccc(Cl)cc2)C(=O)NC(C(=O)C(F)(F)F)C(C)C)c2ccc(Cl)cc2)cc1. The number of carbonyl (C=O) groups excluding carboxylic acids is 3. The van der Waals surface area contributed by atoms with Crippen LogP contribution in [0.4, 0.5) is 13.2 Å². The van der Waals surface area contributed by atoms with Gasteiger partial charge in [0, 0.05) is 28.8 Å². The van der Waals surface area contributed by atoms with E-state index in [-0.39, 0.29) is 12.8 Å². The quantitative estimate of drug-likeness (QED) is 0.241. The molecular weight excluding hydrogens is 592 g/mol. The largest absolute Gasteiger partial charge is 0.497 e. The normalized spacial score (nSPS) is 13.6.